The SMILES string of the molecule is Cc1cc(Cl)c2cc(C(=O)NC(C)c3ccc(S(=O)(=O)CC(=O)OC4COC4)cc3)n(C)c2c1. The Kier molecular flexibility index (Phi) is 6.71. The van der Waals surface area contributed by atoms with Gasteiger partial charge in [-0.05, 0) is 55.3 Å². The highest BCUT2D eigenvalue weighted by molar-refractivity contribution is 7.92. The van der Waals surface area contributed by atoms with E-state index in [-0.39, 0.29) is 36.2 Å². The summed E-state index contributed by atoms with van der Waals surface area (Å²) in [6.45, 7) is 4.32. The van der Waals surface area contributed by atoms with Crippen LogP contribution < -0.4 is 5.32 Å². The molecule has 0 spiro atoms. The number of fused-ring (bicyclic) bond motifs is 1. The van der Waals surface area contributed by atoms with Crippen molar-refractivity contribution in [2.75, 3.05) is 19.0 Å². The summed E-state index contributed by atoms with van der Waals surface area (Å²) < 4.78 is 36.8. The van der Waals surface area contributed by atoms with E-state index in [0.717, 1.165) is 16.5 Å². The van der Waals surface area contributed by atoms with Gasteiger partial charge in [0.2, 0.25) is 0 Å². The third-order valence-corrected chi connectivity index (χ3v) is 7.71. The highest BCUT2D eigenvalue weighted by Crippen LogP contribution is 2.28. The predicted octanol–water partition coefficient (Wildman–Crippen LogP) is 3.35. The predicted molar refractivity (Wildman–Crippen MR) is 128 cm³/mol. The van der Waals surface area contributed by atoms with Crippen LogP contribution in [0.25, 0.3) is 10.9 Å². The van der Waals surface area contributed by atoms with Crippen molar-refractivity contribution in [2.24, 2.45) is 7.05 Å². The average Bonchev–Trinajstić information content (AvgIpc) is 3.07. The van der Waals surface area contributed by atoms with Crippen molar-refractivity contribution in [3.05, 3.63) is 64.3 Å². The summed E-state index contributed by atoms with van der Waals surface area (Å²) in [6.07, 6.45) is -0.378. The lowest BCUT2D eigenvalue weighted by atomic mass is 10.1. The van der Waals surface area contributed by atoms with Gasteiger partial charge in [0.05, 0.1) is 34.7 Å². The molecular weight excluding hydrogens is 480 g/mol. The Bertz CT molecular complexity index is 1360. The van der Waals surface area contributed by atoms with E-state index in [0.29, 0.717) is 16.3 Å². The Morgan fingerprint density at radius 3 is 2.50 bits per heavy atom. The number of nitrogens with zero attached hydrogens (tertiary/aromatic N) is 1. The van der Waals surface area contributed by atoms with Crippen molar-refractivity contribution in [3.63, 3.8) is 0 Å². The van der Waals surface area contributed by atoms with Gasteiger partial charge in [-0.25, -0.2) is 8.42 Å². The Balaban J connectivity index is 1.44. The Hall–Kier alpha value is -2.88. The monoisotopic (exact) mass is 504 g/mol. The van der Waals surface area contributed by atoms with Crippen LogP contribution in [-0.4, -0.2) is 49.9 Å². The molecule has 0 saturated carbocycles. The first-order valence-corrected chi connectivity index (χ1v) is 12.7. The van der Waals surface area contributed by atoms with Gasteiger partial charge < -0.3 is 19.4 Å². The van der Waals surface area contributed by atoms with Crippen molar-refractivity contribution in [3.8, 4) is 0 Å². The van der Waals surface area contributed by atoms with Crippen LogP contribution in [-0.2, 0) is 31.2 Å². The Morgan fingerprint density at radius 2 is 1.88 bits per heavy atom. The van der Waals surface area contributed by atoms with E-state index in [9.17, 15) is 18.0 Å². The minimum absolute atomic E-state index is 0.00952. The summed E-state index contributed by atoms with van der Waals surface area (Å²) in [5.74, 6) is -1.82. The van der Waals surface area contributed by atoms with Crippen LogP contribution in [0.1, 0.15) is 34.6 Å². The van der Waals surface area contributed by atoms with Gasteiger partial charge >= 0.3 is 5.97 Å². The number of esters is 1. The first-order chi connectivity index (χ1) is 16.0. The Morgan fingerprint density at radius 1 is 1.21 bits per heavy atom. The van der Waals surface area contributed by atoms with Crippen LogP contribution in [0, 0.1) is 6.92 Å². The van der Waals surface area contributed by atoms with Crippen molar-refractivity contribution >= 4 is 44.2 Å². The average molecular weight is 505 g/mol. The molecule has 4 rings (SSSR count). The molecule has 0 aliphatic carbocycles. The van der Waals surface area contributed by atoms with Gasteiger partial charge in [0, 0.05) is 12.4 Å². The number of carbonyl (C=O) groups is 2. The number of hydrogen-bond acceptors (Lipinski definition) is 6. The fourth-order valence-electron chi connectivity index (χ4n) is 3.79. The zero-order valence-electron chi connectivity index (χ0n) is 19.0. The van der Waals surface area contributed by atoms with Crippen LogP contribution in [0.15, 0.2) is 47.4 Å². The van der Waals surface area contributed by atoms with E-state index in [4.69, 9.17) is 21.1 Å². The normalized spacial score (nSPS) is 15.1. The fraction of sp³-hybridized carbons (Fsp3) is 0.333. The second kappa shape index (κ2) is 9.40. The summed E-state index contributed by atoms with van der Waals surface area (Å²) in [7, 11) is -2.04. The summed E-state index contributed by atoms with van der Waals surface area (Å²) in [5.41, 5.74) is 3.04. The number of nitrogens with one attached hydrogen (secondary N) is 1. The molecule has 1 aliphatic rings. The number of hydrogen-bond donors (Lipinski definition) is 1. The van der Waals surface area contributed by atoms with Crippen molar-refractivity contribution < 1.29 is 27.5 Å². The van der Waals surface area contributed by atoms with Gasteiger partial charge in [0.1, 0.15) is 11.8 Å². The lowest BCUT2D eigenvalue weighted by Gasteiger charge is -2.25. The smallest absolute Gasteiger partial charge is 0.321 e. The first-order valence-electron chi connectivity index (χ1n) is 10.7. The van der Waals surface area contributed by atoms with Crippen LogP contribution in [0.5, 0.6) is 0 Å². The molecule has 1 aliphatic heterocycles. The summed E-state index contributed by atoms with van der Waals surface area (Å²) in [4.78, 5) is 24.8. The first kappa shape index (κ1) is 24.3. The summed E-state index contributed by atoms with van der Waals surface area (Å²) in [5, 5.41) is 4.31. The zero-order valence-corrected chi connectivity index (χ0v) is 20.6. The van der Waals surface area contributed by atoms with Gasteiger partial charge in [-0.2, -0.15) is 0 Å². The zero-order chi connectivity index (χ0) is 24.6. The van der Waals surface area contributed by atoms with Crippen molar-refractivity contribution in [2.45, 2.75) is 30.9 Å². The second-order valence-electron chi connectivity index (χ2n) is 8.44. The third kappa shape index (κ3) is 4.96. The van der Waals surface area contributed by atoms with Gasteiger partial charge in [-0.1, -0.05) is 23.7 Å². The molecule has 1 amide bonds. The maximum atomic E-state index is 12.9. The van der Waals surface area contributed by atoms with Crippen molar-refractivity contribution in [1.82, 2.24) is 9.88 Å². The molecule has 8 nitrogen and oxygen atoms in total. The largest absolute Gasteiger partial charge is 0.457 e. The number of ether oxygens (including phenoxy) is 2. The summed E-state index contributed by atoms with van der Waals surface area (Å²) in [6, 6.07) is 11.3. The molecule has 0 bridgehead atoms. The van der Waals surface area contributed by atoms with E-state index < -0.39 is 21.6 Å². The van der Waals surface area contributed by atoms with Crippen LogP contribution >= 0.6 is 11.6 Å². The van der Waals surface area contributed by atoms with E-state index in [1.165, 1.54) is 12.1 Å². The lowest BCUT2D eigenvalue weighted by Crippen LogP contribution is -2.39. The number of amides is 1. The number of aromatic nitrogens is 1. The van der Waals surface area contributed by atoms with Gasteiger partial charge in [-0.3, -0.25) is 9.59 Å². The highest BCUT2D eigenvalue weighted by atomic mass is 35.5. The molecule has 1 saturated heterocycles. The van der Waals surface area contributed by atoms with E-state index in [1.807, 2.05) is 19.1 Å². The highest BCUT2D eigenvalue weighted by Gasteiger charge is 2.27. The van der Waals surface area contributed by atoms with Crippen LogP contribution in [0.3, 0.4) is 0 Å². The molecular formula is C24H25ClN2O6S. The molecule has 2 heterocycles. The molecule has 3 aromatic rings. The van der Waals surface area contributed by atoms with Crippen LogP contribution in [0.4, 0.5) is 0 Å². The number of carbonyl (C=O) groups excluding carboxylic acids is 2. The number of halogens is 1. The molecule has 10 heteroatoms. The maximum Gasteiger partial charge on any atom is 0.321 e. The van der Waals surface area contributed by atoms with E-state index >= 15 is 0 Å². The summed E-state index contributed by atoms with van der Waals surface area (Å²) >= 11 is 6.34. The van der Waals surface area contributed by atoms with Crippen LogP contribution in [0.2, 0.25) is 5.02 Å². The molecule has 0 radical (unpaired) electrons. The molecule has 1 aromatic heterocycles. The second-order valence-corrected chi connectivity index (χ2v) is 10.8. The molecule has 1 unspecified atom stereocenters. The van der Waals surface area contributed by atoms with Gasteiger partial charge in [0.15, 0.2) is 15.6 Å². The quantitative estimate of drug-likeness (QED) is 0.495. The van der Waals surface area contributed by atoms with Gasteiger partial charge in [-0.15, -0.1) is 0 Å². The van der Waals surface area contributed by atoms with Crippen molar-refractivity contribution in [1.29, 1.82) is 0 Å². The molecule has 34 heavy (non-hydrogen) atoms. The number of benzene rings is 2. The number of sulfone groups is 1. The number of rotatable bonds is 7. The maximum absolute atomic E-state index is 12.9. The molecule has 2 aromatic carbocycles. The fourth-order valence-corrected chi connectivity index (χ4v) is 5.21. The molecule has 180 valence electrons. The molecule has 1 fully saturated rings. The minimum atomic E-state index is -3.84. The van der Waals surface area contributed by atoms with E-state index in [2.05, 4.69) is 5.32 Å². The number of aryl methyl sites for hydroxylation is 2. The third-order valence-electron chi connectivity index (χ3n) is 5.79. The van der Waals surface area contributed by atoms with Gasteiger partial charge in [0.25, 0.3) is 5.91 Å². The minimum Gasteiger partial charge on any atom is -0.457 e. The van der Waals surface area contributed by atoms with E-state index in [1.54, 1.807) is 36.7 Å². The molecule has 1 atom stereocenters. The standard InChI is InChI=1S/C24H25ClN2O6S/c1-14-8-20(25)19-10-22(27(3)21(19)9-14)24(29)26-15(2)16-4-6-18(7-5-16)34(30,31)13-23(28)33-17-11-32-12-17/h4-10,15,17H,11-13H2,1-3H3,(H,26,29). The Labute approximate surface area is 202 Å². The topological polar surface area (TPSA) is 104 Å². The molecule has 1 N–H and O–H groups in total. The lowest BCUT2D eigenvalue weighted by molar-refractivity contribution is -0.169.